The summed E-state index contributed by atoms with van der Waals surface area (Å²) in [4.78, 5) is 79.5. The van der Waals surface area contributed by atoms with Crippen LogP contribution in [0.2, 0.25) is 0 Å². The van der Waals surface area contributed by atoms with E-state index in [4.69, 9.17) is 26.8 Å². The van der Waals surface area contributed by atoms with Gasteiger partial charge in [-0.3, -0.25) is 28.8 Å². The standard InChI is InChI=1S/C14H21N5O10/c15-4-9(21)17-5(2-10(22)23)12(26)18-6(3-11(24)25)13(27)19-7(14(28)29)1-8(16)20/h5-7H,1-4,15H2,(H2,16,20)(H,17,21)(H,18,26)(H,19,27)(H,22,23)(H,24,25)(H,28,29). The number of nitrogens with one attached hydrogen (secondary N) is 3. The van der Waals surface area contributed by atoms with Gasteiger partial charge in [-0.1, -0.05) is 0 Å². The molecule has 29 heavy (non-hydrogen) atoms. The Kier molecular flexibility index (Phi) is 10.3. The summed E-state index contributed by atoms with van der Waals surface area (Å²) in [5.74, 6) is -9.16. The molecular weight excluding hydrogens is 398 g/mol. The Morgan fingerprint density at radius 2 is 1.10 bits per heavy atom. The van der Waals surface area contributed by atoms with Crippen molar-refractivity contribution in [2.45, 2.75) is 37.4 Å². The van der Waals surface area contributed by atoms with E-state index in [2.05, 4.69) is 0 Å². The Labute approximate surface area is 162 Å². The number of carboxylic acids is 3. The van der Waals surface area contributed by atoms with Gasteiger partial charge in [0.1, 0.15) is 18.1 Å². The van der Waals surface area contributed by atoms with Gasteiger partial charge in [0.05, 0.1) is 25.8 Å². The van der Waals surface area contributed by atoms with Crippen molar-refractivity contribution < 1.29 is 48.9 Å². The number of aliphatic carboxylic acids is 3. The van der Waals surface area contributed by atoms with Gasteiger partial charge in [0.2, 0.25) is 23.6 Å². The first-order chi connectivity index (χ1) is 13.4. The molecule has 0 heterocycles. The van der Waals surface area contributed by atoms with E-state index in [9.17, 15) is 33.6 Å². The highest BCUT2D eigenvalue weighted by molar-refractivity contribution is 5.97. The summed E-state index contributed by atoms with van der Waals surface area (Å²) < 4.78 is 0. The average molecular weight is 419 g/mol. The van der Waals surface area contributed by atoms with Crippen LogP contribution in [0, 0.1) is 0 Å². The summed E-state index contributed by atoms with van der Waals surface area (Å²) in [6.07, 6.45) is -2.72. The Balaban J connectivity index is 5.43. The van der Waals surface area contributed by atoms with E-state index in [1.54, 1.807) is 0 Å². The number of nitrogens with two attached hydrogens (primary N) is 2. The van der Waals surface area contributed by atoms with E-state index in [-0.39, 0.29) is 0 Å². The largest absolute Gasteiger partial charge is 0.481 e. The van der Waals surface area contributed by atoms with Crippen LogP contribution in [0.4, 0.5) is 0 Å². The summed E-state index contributed by atoms with van der Waals surface area (Å²) >= 11 is 0. The second-order valence-corrected chi connectivity index (χ2v) is 5.65. The van der Waals surface area contributed by atoms with Crippen molar-refractivity contribution in [2.24, 2.45) is 11.5 Å². The molecule has 0 bridgehead atoms. The molecule has 0 fully saturated rings. The Hall–Kier alpha value is -3.75. The van der Waals surface area contributed by atoms with Crippen LogP contribution < -0.4 is 27.4 Å². The molecule has 0 aromatic rings. The van der Waals surface area contributed by atoms with Crippen LogP contribution in [0.25, 0.3) is 0 Å². The fraction of sp³-hybridized carbons (Fsp3) is 0.500. The van der Waals surface area contributed by atoms with Crippen LogP contribution in [0.5, 0.6) is 0 Å². The lowest BCUT2D eigenvalue weighted by molar-refractivity contribution is -0.145. The third-order valence-corrected chi connectivity index (χ3v) is 3.25. The smallest absolute Gasteiger partial charge is 0.326 e. The predicted molar refractivity (Wildman–Crippen MR) is 90.8 cm³/mol. The molecule has 15 nitrogen and oxygen atoms in total. The molecular formula is C14H21N5O10. The highest BCUT2D eigenvalue weighted by Crippen LogP contribution is 2.01. The fourth-order valence-electron chi connectivity index (χ4n) is 1.97. The van der Waals surface area contributed by atoms with E-state index in [1.807, 2.05) is 16.0 Å². The van der Waals surface area contributed by atoms with E-state index < -0.39 is 85.5 Å². The van der Waals surface area contributed by atoms with Gasteiger partial charge >= 0.3 is 17.9 Å². The van der Waals surface area contributed by atoms with Gasteiger partial charge in [0.15, 0.2) is 0 Å². The summed E-state index contributed by atoms with van der Waals surface area (Å²) in [5.41, 5.74) is 9.93. The van der Waals surface area contributed by atoms with Crippen molar-refractivity contribution in [1.29, 1.82) is 0 Å². The number of rotatable bonds is 13. The first-order valence-electron chi connectivity index (χ1n) is 7.92. The molecule has 0 saturated carbocycles. The number of carbonyl (C=O) groups excluding carboxylic acids is 4. The molecule has 0 aliphatic heterocycles. The van der Waals surface area contributed by atoms with Crippen LogP contribution in [-0.2, 0) is 33.6 Å². The molecule has 0 saturated heterocycles. The van der Waals surface area contributed by atoms with Crippen LogP contribution in [0.15, 0.2) is 0 Å². The van der Waals surface area contributed by atoms with E-state index in [0.29, 0.717) is 0 Å². The maximum atomic E-state index is 12.2. The van der Waals surface area contributed by atoms with Crippen molar-refractivity contribution in [1.82, 2.24) is 16.0 Å². The normalized spacial score (nSPS) is 13.3. The van der Waals surface area contributed by atoms with Crippen molar-refractivity contribution >= 4 is 41.5 Å². The third-order valence-electron chi connectivity index (χ3n) is 3.25. The minimum Gasteiger partial charge on any atom is -0.481 e. The van der Waals surface area contributed by atoms with E-state index in [1.165, 1.54) is 0 Å². The van der Waals surface area contributed by atoms with E-state index in [0.717, 1.165) is 0 Å². The van der Waals surface area contributed by atoms with Crippen molar-refractivity contribution in [2.75, 3.05) is 6.54 Å². The maximum Gasteiger partial charge on any atom is 0.326 e. The van der Waals surface area contributed by atoms with Crippen molar-refractivity contribution in [3.63, 3.8) is 0 Å². The van der Waals surface area contributed by atoms with E-state index >= 15 is 0 Å². The zero-order valence-electron chi connectivity index (χ0n) is 14.9. The number of hydrogen-bond acceptors (Lipinski definition) is 8. The molecule has 3 unspecified atom stereocenters. The lowest BCUT2D eigenvalue weighted by Gasteiger charge is -2.22. The molecule has 0 aliphatic carbocycles. The molecule has 0 rings (SSSR count). The first-order valence-corrected chi connectivity index (χ1v) is 7.92. The average Bonchev–Trinajstić information content (AvgIpc) is 2.58. The summed E-state index contributed by atoms with van der Waals surface area (Å²) in [5, 5.41) is 32.5. The molecule has 15 heteroatoms. The summed E-state index contributed by atoms with van der Waals surface area (Å²) in [7, 11) is 0. The minimum absolute atomic E-state index is 0.574. The second-order valence-electron chi connectivity index (χ2n) is 5.65. The lowest BCUT2D eigenvalue weighted by atomic mass is 10.1. The second kappa shape index (κ2) is 11.9. The van der Waals surface area contributed by atoms with Crippen LogP contribution in [0.3, 0.4) is 0 Å². The lowest BCUT2D eigenvalue weighted by Crippen LogP contribution is -2.57. The number of hydrogen-bond donors (Lipinski definition) is 8. The Morgan fingerprint density at radius 1 is 0.690 bits per heavy atom. The Bertz CT molecular complexity index is 694. The third kappa shape index (κ3) is 10.2. The molecule has 0 spiro atoms. The molecule has 0 aromatic heterocycles. The number of amides is 4. The number of primary amides is 1. The van der Waals surface area contributed by atoms with Crippen molar-refractivity contribution in [3.8, 4) is 0 Å². The molecule has 0 radical (unpaired) electrons. The highest BCUT2D eigenvalue weighted by atomic mass is 16.4. The fourth-order valence-corrected chi connectivity index (χ4v) is 1.97. The summed E-state index contributed by atoms with van der Waals surface area (Å²) in [6.45, 7) is -0.574. The molecule has 0 aromatic carbocycles. The zero-order chi connectivity index (χ0) is 22.7. The SMILES string of the molecule is NCC(=O)NC(CC(=O)O)C(=O)NC(CC(=O)O)C(=O)NC(CC(N)=O)C(=O)O. The van der Waals surface area contributed by atoms with Gasteiger partial charge < -0.3 is 42.7 Å². The number of carboxylic acid groups (broad SMARTS) is 3. The quantitative estimate of drug-likeness (QED) is 0.140. The highest BCUT2D eigenvalue weighted by Gasteiger charge is 2.32. The Morgan fingerprint density at radius 3 is 1.45 bits per heavy atom. The molecule has 3 atom stereocenters. The monoisotopic (exact) mass is 419 g/mol. The van der Waals surface area contributed by atoms with Gasteiger partial charge in [0, 0.05) is 0 Å². The molecule has 0 aliphatic rings. The van der Waals surface area contributed by atoms with Gasteiger partial charge in [-0.2, -0.15) is 0 Å². The van der Waals surface area contributed by atoms with Gasteiger partial charge in [0.25, 0.3) is 0 Å². The molecule has 10 N–H and O–H groups in total. The summed E-state index contributed by atoms with van der Waals surface area (Å²) in [6, 6.07) is -5.32. The maximum absolute atomic E-state index is 12.2. The number of carbonyl (C=O) groups is 7. The topological polar surface area (TPSA) is 268 Å². The minimum atomic E-state index is -1.85. The van der Waals surface area contributed by atoms with Crippen LogP contribution in [0.1, 0.15) is 19.3 Å². The first kappa shape index (κ1) is 25.2. The van der Waals surface area contributed by atoms with Gasteiger partial charge in [-0.05, 0) is 0 Å². The van der Waals surface area contributed by atoms with Gasteiger partial charge in [-0.25, -0.2) is 4.79 Å². The predicted octanol–water partition coefficient (Wildman–Crippen LogP) is -4.69. The molecule has 4 amide bonds. The molecule has 162 valence electrons. The van der Waals surface area contributed by atoms with Crippen molar-refractivity contribution in [3.05, 3.63) is 0 Å². The zero-order valence-corrected chi connectivity index (χ0v) is 14.9. The van der Waals surface area contributed by atoms with Gasteiger partial charge in [-0.15, -0.1) is 0 Å². The van der Waals surface area contributed by atoms with Crippen LogP contribution in [-0.4, -0.2) is 81.5 Å². The van der Waals surface area contributed by atoms with Crippen LogP contribution >= 0.6 is 0 Å².